The Morgan fingerprint density at radius 1 is 1.53 bits per heavy atom. The third kappa shape index (κ3) is 2.93. The van der Waals surface area contributed by atoms with E-state index in [9.17, 15) is 0 Å². The summed E-state index contributed by atoms with van der Waals surface area (Å²) in [5.41, 5.74) is 8.03. The Morgan fingerprint density at radius 2 is 2.35 bits per heavy atom. The predicted molar refractivity (Wildman–Crippen MR) is 75.4 cm³/mol. The summed E-state index contributed by atoms with van der Waals surface area (Å²) in [6, 6.07) is 6.54. The molecule has 1 heterocycles. The van der Waals surface area contributed by atoms with Crippen LogP contribution in [-0.2, 0) is 4.74 Å². The molecule has 0 amide bonds. The molecule has 1 saturated heterocycles. The number of anilines is 2. The van der Waals surface area contributed by atoms with E-state index in [4.69, 9.17) is 10.5 Å². The lowest BCUT2D eigenvalue weighted by Crippen LogP contribution is -2.41. The van der Waals surface area contributed by atoms with E-state index in [1.54, 1.807) is 0 Å². The summed E-state index contributed by atoms with van der Waals surface area (Å²) < 4.78 is 6.58. The van der Waals surface area contributed by atoms with E-state index in [0.717, 1.165) is 42.0 Å². The molecule has 1 atom stereocenters. The molecular formula is C13H19BrN2O. The predicted octanol–water partition coefficient (Wildman–Crippen LogP) is 3.04. The highest BCUT2D eigenvalue weighted by Gasteiger charge is 2.22. The summed E-state index contributed by atoms with van der Waals surface area (Å²) in [6.45, 7) is 4.82. The second-order valence-corrected chi connectivity index (χ2v) is 5.28. The summed E-state index contributed by atoms with van der Waals surface area (Å²) >= 11 is 3.44. The number of nitrogen functional groups attached to an aromatic ring is 1. The van der Waals surface area contributed by atoms with Gasteiger partial charge in [0.2, 0.25) is 0 Å². The standard InChI is InChI=1S/C13H19BrN2O/c1-2-16(11-4-3-7-17-9-11)13-6-5-10(14)8-12(13)15/h5-6,8,11H,2-4,7,9,15H2,1H3. The van der Waals surface area contributed by atoms with Gasteiger partial charge in [0, 0.05) is 17.6 Å². The summed E-state index contributed by atoms with van der Waals surface area (Å²) in [6.07, 6.45) is 2.32. The lowest BCUT2D eigenvalue weighted by atomic mass is 10.1. The highest BCUT2D eigenvalue weighted by molar-refractivity contribution is 9.10. The molecule has 17 heavy (non-hydrogen) atoms. The summed E-state index contributed by atoms with van der Waals surface area (Å²) in [7, 11) is 0. The zero-order chi connectivity index (χ0) is 12.3. The fourth-order valence-electron chi connectivity index (χ4n) is 2.38. The van der Waals surface area contributed by atoms with Gasteiger partial charge in [-0.2, -0.15) is 0 Å². The van der Waals surface area contributed by atoms with E-state index in [1.165, 1.54) is 6.42 Å². The maximum absolute atomic E-state index is 6.09. The Hall–Kier alpha value is -0.740. The van der Waals surface area contributed by atoms with Crippen molar-refractivity contribution in [2.24, 2.45) is 0 Å². The minimum absolute atomic E-state index is 0.456. The molecule has 2 rings (SSSR count). The van der Waals surface area contributed by atoms with Crippen LogP contribution in [0.3, 0.4) is 0 Å². The van der Waals surface area contributed by atoms with Crippen molar-refractivity contribution in [2.75, 3.05) is 30.4 Å². The second-order valence-electron chi connectivity index (χ2n) is 4.36. The largest absolute Gasteiger partial charge is 0.397 e. The van der Waals surface area contributed by atoms with E-state index >= 15 is 0 Å². The highest BCUT2D eigenvalue weighted by atomic mass is 79.9. The maximum Gasteiger partial charge on any atom is 0.0670 e. The molecule has 1 fully saturated rings. The van der Waals surface area contributed by atoms with Crippen LogP contribution in [0.15, 0.2) is 22.7 Å². The molecule has 0 aromatic heterocycles. The number of hydrogen-bond donors (Lipinski definition) is 1. The Balaban J connectivity index is 2.21. The summed E-state index contributed by atoms with van der Waals surface area (Å²) in [5, 5.41) is 0. The van der Waals surface area contributed by atoms with Gasteiger partial charge in [-0.15, -0.1) is 0 Å². The number of likely N-dealkylation sites (N-methyl/N-ethyl adjacent to an activating group) is 1. The van der Waals surface area contributed by atoms with Gasteiger partial charge < -0.3 is 15.4 Å². The van der Waals surface area contributed by atoms with Crippen molar-refractivity contribution in [3.05, 3.63) is 22.7 Å². The quantitative estimate of drug-likeness (QED) is 0.872. The fraction of sp³-hybridized carbons (Fsp3) is 0.538. The van der Waals surface area contributed by atoms with Gasteiger partial charge in [-0.3, -0.25) is 0 Å². The average molecular weight is 299 g/mol. The smallest absolute Gasteiger partial charge is 0.0670 e. The maximum atomic E-state index is 6.09. The Morgan fingerprint density at radius 3 is 2.94 bits per heavy atom. The zero-order valence-corrected chi connectivity index (χ0v) is 11.7. The van der Waals surface area contributed by atoms with E-state index in [2.05, 4.69) is 33.8 Å². The number of halogens is 1. The van der Waals surface area contributed by atoms with Crippen LogP contribution < -0.4 is 10.6 Å². The molecule has 0 saturated carbocycles. The minimum atomic E-state index is 0.456. The van der Waals surface area contributed by atoms with E-state index < -0.39 is 0 Å². The number of nitrogens with two attached hydrogens (primary N) is 1. The molecule has 1 aliphatic rings. The number of nitrogens with zero attached hydrogens (tertiary/aromatic N) is 1. The van der Waals surface area contributed by atoms with Crippen LogP contribution in [-0.4, -0.2) is 25.8 Å². The minimum Gasteiger partial charge on any atom is -0.397 e. The summed E-state index contributed by atoms with van der Waals surface area (Å²) in [5.74, 6) is 0. The number of hydrogen-bond acceptors (Lipinski definition) is 3. The van der Waals surface area contributed by atoms with Crippen LogP contribution in [0.25, 0.3) is 0 Å². The fourth-order valence-corrected chi connectivity index (χ4v) is 2.76. The van der Waals surface area contributed by atoms with Crippen LogP contribution in [0.1, 0.15) is 19.8 Å². The Labute approximate surface area is 111 Å². The molecule has 0 radical (unpaired) electrons. The molecule has 0 aliphatic carbocycles. The SMILES string of the molecule is CCN(c1ccc(Br)cc1N)C1CCCOC1. The zero-order valence-electron chi connectivity index (χ0n) is 10.2. The molecule has 3 nitrogen and oxygen atoms in total. The van der Waals surface area contributed by atoms with Crippen molar-refractivity contribution in [2.45, 2.75) is 25.8 Å². The van der Waals surface area contributed by atoms with Gasteiger partial charge in [-0.05, 0) is 38.0 Å². The van der Waals surface area contributed by atoms with Crippen molar-refractivity contribution in [3.8, 4) is 0 Å². The third-order valence-electron chi connectivity index (χ3n) is 3.22. The molecule has 1 aliphatic heterocycles. The monoisotopic (exact) mass is 298 g/mol. The number of benzene rings is 1. The van der Waals surface area contributed by atoms with Crippen molar-refractivity contribution in [3.63, 3.8) is 0 Å². The topological polar surface area (TPSA) is 38.5 Å². The third-order valence-corrected chi connectivity index (χ3v) is 3.71. The molecular weight excluding hydrogens is 280 g/mol. The summed E-state index contributed by atoms with van der Waals surface area (Å²) in [4.78, 5) is 2.35. The lowest BCUT2D eigenvalue weighted by Gasteiger charge is -2.35. The van der Waals surface area contributed by atoms with Crippen LogP contribution in [0.4, 0.5) is 11.4 Å². The van der Waals surface area contributed by atoms with Crippen LogP contribution >= 0.6 is 15.9 Å². The second kappa shape index (κ2) is 5.74. The van der Waals surface area contributed by atoms with E-state index in [0.29, 0.717) is 6.04 Å². The van der Waals surface area contributed by atoms with Crippen molar-refractivity contribution >= 4 is 27.3 Å². The van der Waals surface area contributed by atoms with Crippen LogP contribution in [0.5, 0.6) is 0 Å². The average Bonchev–Trinajstić information content (AvgIpc) is 2.34. The number of rotatable bonds is 3. The van der Waals surface area contributed by atoms with Crippen LogP contribution in [0.2, 0.25) is 0 Å². The van der Waals surface area contributed by atoms with Gasteiger partial charge in [0.1, 0.15) is 0 Å². The highest BCUT2D eigenvalue weighted by Crippen LogP contribution is 2.29. The van der Waals surface area contributed by atoms with Gasteiger partial charge in [-0.1, -0.05) is 15.9 Å². The Kier molecular flexibility index (Phi) is 4.29. The molecule has 0 spiro atoms. The molecule has 2 N–H and O–H groups in total. The molecule has 94 valence electrons. The lowest BCUT2D eigenvalue weighted by molar-refractivity contribution is 0.0795. The first kappa shape index (κ1) is 12.7. The number of ether oxygens (including phenoxy) is 1. The van der Waals surface area contributed by atoms with Crippen molar-refractivity contribution < 1.29 is 4.74 Å². The van der Waals surface area contributed by atoms with Gasteiger partial charge in [-0.25, -0.2) is 0 Å². The molecule has 0 bridgehead atoms. The van der Waals surface area contributed by atoms with Gasteiger partial charge >= 0.3 is 0 Å². The van der Waals surface area contributed by atoms with E-state index in [1.807, 2.05) is 12.1 Å². The van der Waals surface area contributed by atoms with E-state index in [-0.39, 0.29) is 0 Å². The first-order valence-corrected chi connectivity index (χ1v) is 6.91. The Bertz CT molecular complexity index is 378. The normalized spacial score (nSPS) is 20.2. The van der Waals surface area contributed by atoms with Crippen molar-refractivity contribution in [1.29, 1.82) is 0 Å². The molecule has 1 aromatic carbocycles. The first-order valence-electron chi connectivity index (χ1n) is 6.11. The first-order chi connectivity index (χ1) is 8.22. The molecule has 1 unspecified atom stereocenters. The van der Waals surface area contributed by atoms with Gasteiger partial charge in [0.25, 0.3) is 0 Å². The van der Waals surface area contributed by atoms with Gasteiger partial charge in [0.15, 0.2) is 0 Å². The molecule has 4 heteroatoms. The van der Waals surface area contributed by atoms with Gasteiger partial charge in [0.05, 0.1) is 24.0 Å². The van der Waals surface area contributed by atoms with Crippen LogP contribution in [0, 0.1) is 0 Å². The molecule has 1 aromatic rings. The van der Waals surface area contributed by atoms with Crippen molar-refractivity contribution in [1.82, 2.24) is 0 Å².